The molecule has 106 valence electrons. The molecular weight excluding hydrogens is 244 g/mol. The minimum Gasteiger partial charge on any atom is -0.449 e. The number of nitrogens with two attached hydrogens (primary N) is 1. The van der Waals surface area contributed by atoms with Gasteiger partial charge in [0.1, 0.15) is 0 Å². The lowest BCUT2D eigenvalue weighted by Crippen LogP contribution is -2.41. The number of hydrogen-bond acceptors (Lipinski definition) is 4. The molecule has 19 heavy (non-hydrogen) atoms. The molecule has 1 unspecified atom stereocenters. The summed E-state index contributed by atoms with van der Waals surface area (Å²) in [4.78, 5) is 23.7. The number of ether oxygens (including phenoxy) is 1. The minimum absolute atomic E-state index is 0.251. The van der Waals surface area contributed by atoms with E-state index in [2.05, 4.69) is 11.9 Å². The summed E-state index contributed by atoms with van der Waals surface area (Å²) in [5.41, 5.74) is 6.32. The van der Waals surface area contributed by atoms with E-state index in [-0.39, 0.29) is 5.91 Å². The van der Waals surface area contributed by atoms with Gasteiger partial charge in [-0.1, -0.05) is 19.6 Å². The van der Waals surface area contributed by atoms with E-state index < -0.39 is 17.6 Å². The molecule has 1 aliphatic heterocycles. The van der Waals surface area contributed by atoms with Crippen LogP contribution >= 0.6 is 0 Å². The van der Waals surface area contributed by atoms with Gasteiger partial charge in [-0.05, 0) is 25.8 Å². The van der Waals surface area contributed by atoms with Crippen molar-refractivity contribution in [1.29, 1.82) is 0 Å². The number of nitrogens with one attached hydrogen (secondary N) is 1. The standard InChI is InChI=1S/C14H22N2O3/c1-5-9(6-2)11(14(3,4)15)13(18)19-10-7-8-16-12(10)17/h5,10H,1,6-8,15H2,2-4H3,(H,16,17)/b11-9-. The van der Waals surface area contributed by atoms with Gasteiger partial charge in [-0.15, -0.1) is 0 Å². The van der Waals surface area contributed by atoms with Gasteiger partial charge >= 0.3 is 5.97 Å². The Morgan fingerprint density at radius 1 is 1.63 bits per heavy atom. The fourth-order valence-corrected chi connectivity index (χ4v) is 2.10. The van der Waals surface area contributed by atoms with Gasteiger partial charge in [-0.25, -0.2) is 4.79 Å². The van der Waals surface area contributed by atoms with Crippen molar-refractivity contribution in [3.63, 3.8) is 0 Å². The summed E-state index contributed by atoms with van der Waals surface area (Å²) in [6.07, 6.45) is 2.02. The third kappa shape index (κ3) is 3.67. The topological polar surface area (TPSA) is 81.4 Å². The zero-order valence-electron chi connectivity index (χ0n) is 11.8. The monoisotopic (exact) mass is 266 g/mol. The van der Waals surface area contributed by atoms with Crippen molar-refractivity contribution in [2.24, 2.45) is 5.73 Å². The van der Waals surface area contributed by atoms with Crippen LogP contribution in [0.1, 0.15) is 33.6 Å². The SMILES string of the molecule is C=C/C(CC)=C(\C(=O)OC1CCNC1=O)C(C)(C)N. The van der Waals surface area contributed by atoms with Crippen molar-refractivity contribution in [1.82, 2.24) is 5.32 Å². The summed E-state index contributed by atoms with van der Waals surface area (Å²) < 4.78 is 5.26. The van der Waals surface area contributed by atoms with Gasteiger partial charge in [-0.2, -0.15) is 0 Å². The summed E-state index contributed by atoms with van der Waals surface area (Å²) in [5, 5.41) is 2.63. The van der Waals surface area contributed by atoms with Gasteiger partial charge in [0.15, 0.2) is 6.10 Å². The van der Waals surface area contributed by atoms with Crippen LogP contribution in [0.25, 0.3) is 0 Å². The van der Waals surface area contributed by atoms with E-state index in [0.29, 0.717) is 25.0 Å². The molecule has 1 amide bonds. The molecule has 0 aromatic carbocycles. The van der Waals surface area contributed by atoms with Crippen LogP contribution in [0.2, 0.25) is 0 Å². The zero-order valence-corrected chi connectivity index (χ0v) is 11.8. The molecule has 1 rings (SSSR count). The number of hydrogen-bond donors (Lipinski definition) is 2. The molecule has 0 aliphatic carbocycles. The quantitative estimate of drug-likeness (QED) is 0.443. The van der Waals surface area contributed by atoms with E-state index in [1.807, 2.05) is 6.92 Å². The number of carbonyl (C=O) groups is 2. The second kappa shape index (κ2) is 6.02. The second-order valence-electron chi connectivity index (χ2n) is 5.15. The van der Waals surface area contributed by atoms with Crippen LogP contribution in [-0.4, -0.2) is 30.1 Å². The molecule has 5 heteroatoms. The highest BCUT2D eigenvalue weighted by Gasteiger charge is 2.33. The highest BCUT2D eigenvalue weighted by atomic mass is 16.5. The van der Waals surface area contributed by atoms with E-state index >= 15 is 0 Å². The molecule has 1 heterocycles. The highest BCUT2D eigenvalue weighted by Crippen LogP contribution is 2.23. The highest BCUT2D eigenvalue weighted by molar-refractivity contribution is 5.95. The Morgan fingerprint density at radius 3 is 2.63 bits per heavy atom. The third-order valence-electron chi connectivity index (χ3n) is 3.04. The minimum atomic E-state index is -0.842. The van der Waals surface area contributed by atoms with Gasteiger partial charge in [0.2, 0.25) is 0 Å². The lowest BCUT2D eigenvalue weighted by Gasteiger charge is -2.25. The Morgan fingerprint density at radius 2 is 2.26 bits per heavy atom. The molecule has 1 saturated heterocycles. The van der Waals surface area contributed by atoms with E-state index in [9.17, 15) is 9.59 Å². The Kier molecular flexibility index (Phi) is 4.89. The van der Waals surface area contributed by atoms with E-state index in [0.717, 1.165) is 5.57 Å². The van der Waals surface area contributed by atoms with Crippen molar-refractivity contribution in [3.05, 3.63) is 23.8 Å². The molecule has 0 bridgehead atoms. The van der Waals surface area contributed by atoms with Crippen LogP contribution in [-0.2, 0) is 14.3 Å². The Labute approximate surface area is 113 Å². The largest absolute Gasteiger partial charge is 0.449 e. The predicted octanol–water partition coefficient (Wildman–Crippen LogP) is 1.05. The van der Waals surface area contributed by atoms with Gasteiger partial charge in [0, 0.05) is 18.5 Å². The van der Waals surface area contributed by atoms with Crippen LogP contribution in [0.15, 0.2) is 23.8 Å². The molecule has 1 atom stereocenters. The number of allylic oxidation sites excluding steroid dienone is 2. The first-order valence-electron chi connectivity index (χ1n) is 6.44. The zero-order chi connectivity index (χ0) is 14.6. The maximum Gasteiger partial charge on any atom is 0.336 e. The Balaban J connectivity index is 2.99. The van der Waals surface area contributed by atoms with Crippen molar-refractivity contribution in [2.45, 2.75) is 45.3 Å². The predicted molar refractivity (Wildman–Crippen MR) is 73.3 cm³/mol. The molecule has 0 radical (unpaired) electrons. The van der Waals surface area contributed by atoms with Crippen molar-refractivity contribution in [2.75, 3.05) is 6.54 Å². The molecule has 0 spiro atoms. The summed E-state index contributed by atoms with van der Waals surface area (Å²) in [7, 11) is 0. The van der Waals surface area contributed by atoms with Crippen LogP contribution in [0, 0.1) is 0 Å². The number of amides is 1. The number of esters is 1. The molecular formula is C14H22N2O3. The van der Waals surface area contributed by atoms with Crippen molar-refractivity contribution >= 4 is 11.9 Å². The maximum absolute atomic E-state index is 12.3. The van der Waals surface area contributed by atoms with Gasteiger partial charge in [-0.3, -0.25) is 4.79 Å². The van der Waals surface area contributed by atoms with Gasteiger partial charge in [0.05, 0.1) is 5.57 Å². The average molecular weight is 266 g/mol. The van der Waals surface area contributed by atoms with Gasteiger partial charge in [0.25, 0.3) is 5.91 Å². The van der Waals surface area contributed by atoms with E-state index in [1.54, 1.807) is 19.9 Å². The number of rotatable bonds is 5. The fourth-order valence-electron chi connectivity index (χ4n) is 2.10. The maximum atomic E-state index is 12.3. The van der Waals surface area contributed by atoms with Crippen molar-refractivity contribution < 1.29 is 14.3 Å². The van der Waals surface area contributed by atoms with E-state index in [1.165, 1.54) is 0 Å². The third-order valence-corrected chi connectivity index (χ3v) is 3.04. The smallest absolute Gasteiger partial charge is 0.336 e. The Bertz CT molecular complexity index is 419. The lowest BCUT2D eigenvalue weighted by molar-refractivity contribution is -0.150. The summed E-state index contributed by atoms with van der Waals surface area (Å²) in [5.74, 6) is -0.787. The molecule has 3 N–H and O–H groups in total. The fraction of sp³-hybridized carbons (Fsp3) is 0.571. The van der Waals surface area contributed by atoms with Crippen LogP contribution in [0.5, 0.6) is 0 Å². The summed E-state index contributed by atoms with van der Waals surface area (Å²) in [6.45, 7) is 9.61. The van der Waals surface area contributed by atoms with Crippen LogP contribution in [0.4, 0.5) is 0 Å². The molecule has 0 aromatic heterocycles. The molecule has 0 saturated carbocycles. The van der Waals surface area contributed by atoms with Gasteiger partial charge < -0.3 is 15.8 Å². The normalized spacial score (nSPS) is 20.6. The molecule has 1 fully saturated rings. The molecule has 0 aromatic rings. The number of carbonyl (C=O) groups excluding carboxylic acids is 2. The lowest BCUT2D eigenvalue weighted by atomic mass is 9.89. The Hall–Kier alpha value is -1.62. The summed E-state index contributed by atoms with van der Waals surface area (Å²) >= 11 is 0. The first-order valence-corrected chi connectivity index (χ1v) is 6.44. The van der Waals surface area contributed by atoms with Crippen molar-refractivity contribution in [3.8, 4) is 0 Å². The molecule has 1 aliphatic rings. The van der Waals surface area contributed by atoms with E-state index in [4.69, 9.17) is 10.5 Å². The van der Waals surface area contributed by atoms with Crippen LogP contribution in [0.3, 0.4) is 0 Å². The van der Waals surface area contributed by atoms with Crippen LogP contribution < -0.4 is 11.1 Å². The second-order valence-corrected chi connectivity index (χ2v) is 5.15. The first kappa shape index (κ1) is 15.4. The first-order chi connectivity index (χ1) is 8.81. The summed E-state index contributed by atoms with van der Waals surface area (Å²) in [6, 6.07) is 0. The average Bonchev–Trinajstić information content (AvgIpc) is 2.69. The molecule has 5 nitrogen and oxygen atoms in total.